The summed E-state index contributed by atoms with van der Waals surface area (Å²) < 4.78 is 0. The standard InChI is InChI=1S/C21H27N3/c1-15-3-6-20(22-13-15)18-5-4-17-11-19(14-23-21(17)12-18)16-7-9-24(2)10-8-16/h4-5,11-12,14-16H,3,6-10,13H2,1-2H3. The molecule has 4 rings (SSSR count). The fourth-order valence-corrected chi connectivity index (χ4v) is 3.94. The highest BCUT2D eigenvalue weighted by Gasteiger charge is 2.19. The minimum Gasteiger partial charge on any atom is -0.306 e. The van der Waals surface area contributed by atoms with Gasteiger partial charge in [-0.3, -0.25) is 9.98 Å². The molecule has 0 aliphatic carbocycles. The summed E-state index contributed by atoms with van der Waals surface area (Å²) in [5, 5.41) is 1.26. The smallest absolute Gasteiger partial charge is 0.0708 e. The zero-order valence-electron chi connectivity index (χ0n) is 14.8. The van der Waals surface area contributed by atoms with Gasteiger partial charge in [-0.05, 0) is 80.9 Å². The third-order valence-corrected chi connectivity index (χ3v) is 5.70. The predicted octanol–water partition coefficient (Wildman–Crippen LogP) is 4.26. The van der Waals surface area contributed by atoms with Crippen LogP contribution in [0.25, 0.3) is 10.9 Å². The number of nitrogens with zero attached hydrogens (tertiary/aromatic N) is 3. The van der Waals surface area contributed by atoms with E-state index in [-0.39, 0.29) is 0 Å². The van der Waals surface area contributed by atoms with E-state index in [0.717, 1.165) is 24.4 Å². The van der Waals surface area contributed by atoms with E-state index in [4.69, 9.17) is 9.98 Å². The summed E-state index contributed by atoms with van der Waals surface area (Å²) in [5.74, 6) is 1.39. The summed E-state index contributed by atoms with van der Waals surface area (Å²) in [5.41, 5.74) is 5.03. The van der Waals surface area contributed by atoms with Crippen LogP contribution in [-0.4, -0.2) is 42.3 Å². The Balaban J connectivity index is 1.59. The fraction of sp³-hybridized carbons (Fsp3) is 0.524. The lowest BCUT2D eigenvalue weighted by atomic mass is 9.89. The summed E-state index contributed by atoms with van der Waals surface area (Å²) in [6.07, 6.45) is 6.94. The molecule has 3 heteroatoms. The second-order valence-corrected chi connectivity index (χ2v) is 7.68. The molecule has 2 aliphatic heterocycles. The zero-order valence-corrected chi connectivity index (χ0v) is 14.8. The number of rotatable bonds is 2. The topological polar surface area (TPSA) is 28.5 Å². The number of hydrogen-bond acceptors (Lipinski definition) is 3. The van der Waals surface area contributed by atoms with Crippen molar-refractivity contribution in [2.24, 2.45) is 10.9 Å². The Bertz CT molecular complexity index is 757. The molecule has 3 heterocycles. The second kappa shape index (κ2) is 6.64. The van der Waals surface area contributed by atoms with Gasteiger partial charge in [-0.1, -0.05) is 19.1 Å². The first-order valence-electron chi connectivity index (χ1n) is 9.31. The molecule has 1 fully saturated rings. The van der Waals surface area contributed by atoms with Crippen LogP contribution in [0.3, 0.4) is 0 Å². The molecule has 0 radical (unpaired) electrons. The van der Waals surface area contributed by atoms with Gasteiger partial charge in [-0.25, -0.2) is 0 Å². The number of aliphatic imine (C=N–C) groups is 1. The maximum absolute atomic E-state index is 4.78. The van der Waals surface area contributed by atoms with Gasteiger partial charge in [-0.15, -0.1) is 0 Å². The predicted molar refractivity (Wildman–Crippen MR) is 101 cm³/mol. The van der Waals surface area contributed by atoms with Gasteiger partial charge in [0, 0.05) is 23.8 Å². The third kappa shape index (κ3) is 3.23. The third-order valence-electron chi connectivity index (χ3n) is 5.70. The maximum atomic E-state index is 4.78. The van der Waals surface area contributed by atoms with Crippen LogP contribution in [0.2, 0.25) is 0 Å². The highest BCUT2D eigenvalue weighted by atomic mass is 15.1. The largest absolute Gasteiger partial charge is 0.306 e. The zero-order chi connectivity index (χ0) is 16.5. The van der Waals surface area contributed by atoms with Crippen molar-refractivity contribution < 1.29 is 0 Å². The van der Waals surface area contributed by atoms with Gasteiger partial charge in [-0.2, -0.15) is 0 Å². The van der Waals surface area contributed by atoms with E-state index in [1.165, 1.54) is 54.6 Å². The summed E-state index contributed by atoms with van der Waals surface area (Å²) in [4.78, 5) is 12.0. The van der Waals surface area contributed by atoms with Crippen molar-refractivity contribution in [1.29, 1.82) is 0 Å². The quantitative estimate of drug-likeness (QED) is 0.826. The van der Waals surface area contributed by atoms with Gasteiger partial charge in [0.25, 0.3) is 0 Å². The lowest BCUT2D eigenvalue weighted by molar-refractivity contribution is 0.255. The lowest BCUT2D eigenvalue weighted by Gasteiger charge is -2.29. The SMILES string of the molecule is CC1CCC(c2ccc3cc(C4CCN(C)CC4)cnc3c2)=NC1. The molecule has 24 heavy (non-hydrogen) atoms. The summed E-state index contributed by atoms with van der Waals surface area (Å²) in [6.45, 7) is 5.64. The van der Waals surface area contributed by atoms with Crippen LogP contribution in [0.4, 0.5) is 0 Å². The number of likely N-dealkylation sites (tertiary alicyclic amines) is 1. The molecule has 1 atom stereocenters. The molecule has 0 spiro atoms. The van der Waals surface area contributed by atoms with Crippen LogP contribution >= 0.6 is 0 Å². The molecule has 0 bridgehead atoms. The van der Waals surface area contributed by atoms with Gasteiger partial charge in [0.2, 0.25) is 0 Å². The molecule has 0 N–H and O–H groups in total. The molecule has 2 aliphatic rings. The van der Waals surface area contributed by atoms with Crippen molar-refractivity contribution in [2.75, 3.05) is 26.7 Å². The van der Waals surface area contributed by atoms with Crippen LogP contribution in [-0.2, 0) is 0 Å². The maximum Gasteiger partial charge on any atom is 0.0708 e. The van der Waals surface area contributed by atoms with Crippen molar-refractivity contribution >= 4 is 16.6 Å². The normalized spacial score (nSPS) is 23.4. The Kier molecular flexibility index (Phi) is 4.36. The Morgan fingerprint density at radius 1 is 1.08 bits per heavy atom. The minimum atomic E-state index is 0.669. The fourth-order valence-electron chi connectivity index (χ4n) is 3.94. The molecular weight excluding hydrogens is 294 g/mol. The average molecular weight is 321 g/mol. The Labute approximate surface area is 144 Å². The summed E-state index contributed by atoms with van der Waals surface area (Å²) in [6, 6.07) is 9.05. The van der Waals surface area contributed by atoms with E-state index < -0.39 is 0 Å². The number of hydrogen-bond donors (Lipinski definition) is 0. The van der Waals surface area contributed by atoms with Crippen LogP contribution in [0.1, 0.15) is 49.7 Å². The highest BCUT2D eigenvalue weighted by Crippen LogP contribution is 2.29. The molecule has 1 saturated heterocycles. The monoisotopic (exact) mass is 321 g/mol. The second-order valence-electron chi connectivity index (χ2n) is 7.68. The van der Waals surface area contributed by atoms with Crippen LogP contribution in [0, 0.1) is 5.92 Å². The number of fused-ring (bicyclic) bond motifs is 1. The molecule has 1 aromatic carbocycles. The number of pyridine rings is 1. The Hall–Kier alpha value is -1.74. The van der Waals surface area contributed by atoms with E-state index in [1.54, 1.807) is 0 Å². The molecule has 126 valence electrons. The van der Waals surface area contributed by atoms with E-state index in [9.17, 15) is 0 Å². The van der Waals surface area contributed by atoms with Gasteiger partial charge < -0.3 is 4.90 Å². The first-order chi connectivity index (χ1) is 11.7. The van der Waals surface area contributed by atoms with Crippen molar-refractivity contribution in [3.63, 3.8) is 0 Å². The van der Waals surface area contributed by atoms with Crippen molar-refractivity contribution in [3.05, 3.63) is 41.6 Å². The number of piperidine rings is 1. The van der Waals surface area contributed by atoms with E-state index in [2.05, 4.69) is 49.3 Å². The molecular formula is C21H27N3. The number of aromatic nitrogens is 1. The van der Waals surface area contributed by atoms with Gasteiger partial charge in [0.1, 0.15) is 0 Å². The molecule has 2 aromatic rings. The van der Waals surface area contributed by atoms with Crippen LogP contribution < -0.4 is 0 Å². The van der Waals surface area contributed by atoms with Crippen molar-refractivity contribution in [1.82, 2.24) is 9.88 Å². The summed E-state index contributed by atoms with van der Waals surface area (Å²) >= 11 is 0. The molecule has 3 nitrogen and oxygen atoms in total. The minimum absolute atomic E-state index is 0.669. The Morgan fingerprint density at radius 2 is 1.92 bits per heavy atom. The van der Waals surface area contributed by atoms with Crippen molar-refractivity contribution in [2.45, 2.75) is 38.5 Å². The van der Waals surface area contributed by atoms with Crippen molar-refractivity contribution in [3.8, 4) is 0 Å². The first kappa shape index (κ1) is 15.8. The molecule has 0 saturated carbocycles. The van der Waals surface area contributed by atoms with Gasteiger partial charge >= 0.3 is 0 Å². The molecule has 1 unspecified atom stereocenters. The van der Waals surface area contributed by atoms with E-state index >= 15 is 0 Å². The number of benzene rings is 1. The van der Waals surface area contributed by atoms with E-state index in [0.29, 0.717) is 5.92 Å². The van der Waals surface area contributed by atoms with Gasteiger partial charge in [0.15, 0.2) is 0 Å². The van der Waals surface area contributed by atoms with Gasteiger partial charge in [0.05, 0.1) is 5.52 Å². The average Bonchev–Trinajstić information content (AvgIpc) is 2.62. The molecule has 1 aromatic heterocycles. The Morgan fingerprint density at radius 3 is 2.67 bits per heavy atom. The van der Waals surface area contributed by atoms with E-state index in [1.807, 2.05) is 0 Å². The highest BCUT2D eigenvalue weighted by molar-refractivity contribution is 6.03. The van der Waals surface area contributed by atoms with Crippen LogP contribution in [0.15, 0.2) is 35.5 Å². The lowest BCUT2D eigenvalue weighted by Crippen LogP contribution is -2.29. The molecule has 0 amide bonds. The summed E-state index contributed by atoms with van der Waals surface area (Å²) in [7, 11) is 2.21. The van der Waals surface area contributed by atoms with Crippen LogP contribution in [0.5, 0.6) is 0 Å². The first-order valence-corrected chi connectivity index (χ1v) is 9.31.